The van der Waals surface area contributed by atoms with Crippen LogP contribution < -0.4 is 20.7 Å². The molecule has 0 saturated heterocycles. The minimum Gasteiger partial charge on any atom is -0.493 e. The van der Waals surface area contributed by atoms with Crippen molar-refractivity contribution < 1.29 is 9.53 Å². The number of nitrogens with zero attached hydrogens (tertiary/aromatic N) is 5. The Morgan fingerprint density at radius 2 is 1.91 bits per heavy atom. The smallest absolute Gasteiger partial charge is 0.272 e. The van der Waals surface area contributed by atoms with Gasteiger partial charge in [-0.15, -0.1) is 10.2 Å². The number of nitrogens with one attached hydrogen (secondary N) is 3. The highest BCUT2D eigenvalue weighted by Crippen LogP contribution is 2.28. The number of aryl methyl sites for hydroxylation is 2. The topological polar surface area (TPSA) is 127 Å². The molecule has 0 unspecified atom stereocenters. The summed E-state index contributed by atoms with van der Waals surface area (Å²) in [6.07, 6.45) is 2.31. The normalized spacial score (nSPS) is 11.0. The standard InChI is InChI=1S/C19H19B3N8O2/c1-4-11-8-14(25-10(2)24-11)27-15-9-12(26-17-13(32-3)6-5-7-23-17)16(30-29-15)18(31)28-19(20,21)22/h5-9H,4H2,1-3H3,(H,28,31)(H2,23,24,25,26,27,29). The van der Waals surface area contributed by atoms with Crippen molar-refractivity contribution in [3.63, 3.8) is 0 Å². The van der Waals surface area contributed by atoms with Crippen molar-refractivity contribution in [2.75, 3.05) is 17.7 Å². The van der Waals surface area contributed by atoms with E-state index in [1.165, 1.54) is 7.11 Å². The van der Waals surface area contributed by atoms with Crippen molar-refractivity contribution in [3.05, 3.63) is 47.7 Å². The Morgan fingerprint density at radius 3 is 2.59 bits per heavy atom. The number of carbonyl (C=O) groups is 1. The average Bonchev–Trinajstić information content (AvgIpc) is 2.72. The summed E-state index contributed by atoms with van der Waals surface area (Å²) in [6.45, 7) is 3.79. The third-order valence-electron chi connectivity index (χ3n) is 4.09. The van der Waals surface area contributed by atoms with E-state index in [4.69, 9.17) is 28.3 Å². The SMILES string of the molecule is [B]C([B])([B])NC(=O)c1nnc(Nc2cc(CC)nc(C)n2)cc1Nc1ncccc1OC. The van der Waals surface area contributed by atoms with E-state index in [9.17, 15) is 4.79 Å². The molecule has 10 nitrogen and oxygen atoms in total. The van der Waals surface area contributed by atoms with Crippen LogP contribution in [0.3, 0.4) is 0 Å². The van der Waals surface area contributed by atoms with Crippen molar-refractivity contribution >= 4 is 52.6 Å². The second-order valence-electron chi connectivity index (χ2n) is 6.83. The van der Waals surface area contributed by atoms with E-state index >= 15 is 0 Å². The monoisotopic (exact) mass is 424 g/mol. The summed E-state index contributed by atoms with van der Waals surface area (Å²) in [4.78, 5) is 25.6. The fourth-order valence-corrected chi connectivity index (χ4v) is 2.75. The Balaban J connectivity index is 2.00. The van der Waals surface area contributed by atoms with E-state index in [1.807, 2.05) is 6.92 Å². The van der Waals surface area contributed by atoms with E-state index in [2.05, 4.69) is 41.1 Å². The van der Waals surface area contributed by atoms with Gasteiger partial charge in [0.1, 0.15) is 11.6 Å². The van der Waals surface area contributed by atoms with E-state index in [0.29, 0.717) is 29.0 Å². The van der Waals surface area contributed by atoms with Gasteiger partial charge in [-0.05, 0) is 25.5 Å². The highest BCUT2D eigenvalue weighted by Gasteiger charge is 2.21. The molecular formula is C19H19B3N8O2. The molecule has 3 N–H and O–H groups in total. The first-order valence-electron chi connectivity index (χ1n) is 9.63. The number of hydrogen-bond donors (Lipinski definition) is 3. The molecule has 0 saturated carbocycles. The Morgan fingerprint density at radius 1 is 1.12 bits per heavy atom. The minimum atomic E-state index is -1.94. The lowest BCUT2D eigenvalue weighted by Gasteiger charge is -2.22. The van der Waals surface area contributed by atoms with Crippen molar-refractivity contribution in [3.8, 4) is 5.75 Å². The summed E-state index contributed by atoms with van der Waals surface area (Å²) in [5.41, 5.74) is 1.01. The fraction of sp³-hybridized carbons (Fsp3) is 0.263. The summed E-state index contributed by atoms with van der Waals surface area (Å²) in [5.74, 6) is 1.53. The van der Waals surface area contributed by atoms with E-state index in [1.54, 1.807) is 37.4 Å². The lowest BCUT2D eigenvalue weighted by atomic mass is 9.49. The summed E-state index contributed by atoms with van der Waals surface area (Å²) in [6, 6.07) is 6.79. The highest BCUT2D eigenvalue weighted by molar-refractivity contribution is 6.60. The van der Waals surface area contributed by atoms with Gasteiger partial charge in [-0.25, -0.2) is 15.0 Å². The average molecular weight is 424 g/mol. The fourth-order valence-electron chi connectivity index (χ4n) is 2.75. The van der Waals surface area contributed by atoms with Crippen molar-refractivity contribution in [2.45, 2.75) is 25.5 Å². The van der Waals surface area contributed by atoms with E-state index < -0.39 is 11.1 Å². The second kappa shape index (κ2) is 9.67. The Hall–Kier alpha value is -3.63. The molecule has 0 aromatic carbocycles. The van der Waals surface area contributed by atoms with Crippen LogP contribution in [0.4, 0.5) is 23.1 Å². The van der Waals surface area contributed by atoms with E-state index in [-0.39, 0.29) is 11.4 Å². The molecule has 0 bridgehead atoms. The Bertz CT molecular complexity index is 1120. The first kappa shape index (κ1) is 23.0. The number of hydrogen-bond acceptors (Lipinski definition) is 9. The summed E-state index contributed by atoms with van der Waals surface area (Å²) in [7, 11) is 18.0. The Labute approximate surface area is 189 Å². The third-order valence-corrected chi connectivity index (χ3v) is 4.09. The summed E-state index contributed by atoms with van der Waals surface area (Å²) in [5, 5.41) is 14.5. The van der Waals surface area contributed by atoms with Crippen LogP contribution in [0.1, 0.15) is 28.9 Å². The van der Waals surface area contributed by atoms with Gasteiger partial charge >= 0.3 is 0 Å². The lowest BCUT2D eigenvalue weighted by molar-refractivity contribution is 0.0947. The van der Waals surface area contributed by atoms with Gasteiger partial charge < -0.3 is 20.7 Å². The third kappa shape index (κ3) is 5.96. The lowest BCUT2D eigenvalue weighted by Crippen LogP contribution is -2.50. The second-order valence-corrected chi connectivity index (χ2v) is 6.83. The molecule has 0 aliphatic heterocycles. The number of anilines is 4. The number of ether oxygens (including phenoxy) is 1. The zero-order valence-corrected chi connectivity index (χ0v) is 17.9. The maximum atomic E-state index is 12.6. The van der Waals surface area contributed by atoms with Crippen molar-refractivity contribution in [2.24, 2.45) is 0 Å². The number of amides is 1. The van der Waals surface area contributed by atoms with Crippen LogP contribution >= 0.6 is 0 Å². The number of methoxy groups -OCH3 is 1. The molecule has 0 atom stereocenters. The van der Waals surface area contributed by atoms with Crippen LogP contribution in [0.5, 0.6) is 5.75 Å². The molecule has 0 aliphatic rings. The first-order valence-corrected chi connectivity index (χ1v) is 9.63. The van der Waals surface area contributed by atoms with Gasteiger partial charge in [-0.1, -0.05) is 12.2 Å². The van der Waals surface area contributed by atoms with Gasteiger partial charge in [0.2, 0.25) is 0 Å². The van der Waals surface area contributed by atoms with Crippen LogP contribution in [-0.4, -0.2) is 66.9 Å². The van der Waals surface area contributed by atoms with Gasteiger partial charge in [0.15, 0.2) is 23.1 Å². The molecule has 1 amide bonds. The molecule has 0 fully saturated rings. The van der Waals surface area contributed by atoms with Crippen molar-refractivity contribution in [1.29, 1.82) is 0 Å². The molecule has 3 rings (SSSR count). The van der Waals surface area contributed by atoms with Gasteiger partial charge in [-0.2, -0.15) is 0 Å². The molecule has 3 aromatic rings. The van der Waals surface area contributed by atoms with Gasteiger partial charge in [0.25, 0.3) is 5.91 Å². The van der Waals surface area contributed by atoms with Gasteiger partial charge in [0.05, 0.1) is 36.3 Å². The van der Waals surface area contributed by atoms with Gasteiger partial charge in [-0.3, -0.25) is 4.79 Å². The van der Waals surface area contributed by atoms with Crippen LogP contribution in [0, 0.1) is 6.92 Å². The maximum absolute atomic E-state index is 12.6. The molecule has 3 heterocycles. The van der Waals surface area contributed by atoms with Crippen LogP contribution in [-0.2, 0) is 6.42 Å². The molecule has 13 heteroatoms. The largest absolute Gasteiger partial charge is 0.493 e. The summed E-state index contributed by atoms with van der Waals surface area (Å²) >= 11 is 0. The van der Waals surface area contributed by atoms with Gasteiger partial charge in [0, 0.05) is 24.0 Å². The Kier molecular flexibility index (Phi) is 6.96. The predicted octanol–water partition coefficient (Wildman–Crippen LogP) is 0.875. The molecule has 6 radical (unpaired) electrons. The van der Waals surface area contributed by atoms with Crippen molar-refractivity contribution in [1.82, 2.24) is 30.5 Å². The molecule has 32 heavy (non-hydrogen) atoms. The minimum absolute atomic E-state index is 0.109. The number of pyridine rings is 1. The van der Waals surface area contributed by atoms with Crippen LogP contribution in [0.25, 0.3) is 0 Å². The predicted molar refractivity (Wildman–Crippen MR) is 123 cm³/mol. The molecule has 156 valence electrons. The summed E-state index contributed by atoms with van der Waals surface area (Å²) < 4.78 is 5.31. The highest BCUT2D eigenvalue weighted by atomic mass is 16.5. The zero-order valence-electron chi connectivity index (χ0n) is 17.9. The van der Waals surface area contributed by atoms with Crippen LogP contribution in [0.2, 0.25) is 0 Å². The molecule has 3 aromatic heterocycles. The maximum Gasteiger partial charge on any atom is 0.272 e. The molecule has 0 spiro atoms. The zero-order chi connectivity index (χ0) is 23.3. The number of carbonyl (C=O) groups excluding carboxylic acids is 1. The molecule has 0 aliphatic carbocycles. The van der Waals surface area contributed by atoms with Crippen LogP contribution in [0.15, 0.2) is 30.5 Å². The first-order chi connectivity index (χ1) is 15.2. The number of rotatable bonds is 8. The quantitative estimate of drug-likeness (QED) is 0.452. The molecular weight excluding hydrogens is 405 g/mol. The van der Waals surface area contributed by atoms with E-state index in [0.717, 1.165) is 12.1 Å². The number of aromatic nitrogens is 5.